The van der Waals surface area contributed by atoms with E-state index in [-0.39, 0.29) is 0 Å². The van der Waals surface area contributed by atoms with Gasteiger partial charge in [0.1, 0.15) is 0 Å². The van der Waals surface area contributed by atoms with Gasteiger partial charge in [0.2, 0.25) is 0 Å². The fourth-order valence-electron chi connectivity index (χ4n) is 7.25. The molecule has 0 atom stereocenters. The van der Waals surface area contributed by atoms with E-state index in [1.54, 1.807) is 0 Å². The number of fused-ring (bicyclic) bond motifs is 4. The fourth-order valence-corrected chi connectivity index (χ4v) is 7.25. The molecule has 0 N–H and O–H groups in total. The number of hydrogen-bond acceptors (Lipinski definition) is 0. The van der Waals surface area contributed by atoms with E-state index < -0.39 is 20.8 Å². The van der Waals surface area contributed by atoms with Gasteiger partial charge in [-0.1, -0.05) is 178 Å². The number of aryl methyl sites for hydroxylation is 1. The molecule has 9 rings (SSSR count). The van der Waals surface area contributed by atoms with Crippen molar-refractivity contribution in [2.45, 2.75) is 39.8 Å². The van der Waals surface area contributed by atoms with Crippen molar-refractivity contribution >= 4 is 69.6 Å². The van der Waals surface area contributed by atoms with Crippen molar-refractivity contribution in [3.8, 4) is 33.4 Å². The van der Waals surface area contributed by atoms with E-state index in [1.807, 2.05) is 0 Å². The maximum atomic E-state index is 4.93. The van der Waals surface area contributed by atoms with E-state index in [9.17, 15) is 0 Å². The summed E-state index contributed by atoms with van der Waals surface area (Å²) in [6, 6.07) is 61.7. The van der Waals surface area contributed by atoms with Gasteiger partial charge < -0.3 is 0 Å². The number of halogens is 2. The summed E-state index contributed by atoms with van der Waals surface area (Å²) in [4.78, 5) is 0. The molecule has 0 spiro atoms. The van der Waals surface area contributed by atoms with E-state index in [1.165, 1.54) is 87.6 Å². The minimum absolute atomic E-state index is 0.584. The predicted molar refractivity (Wildman–Crippen MR) is 238 cm³/mol. The second-order valence-corrected chi connectivity index (χ2v) is 18.5. The van der Waals surface area contributed by atoms with Gasteiger partial charge in [-0.15, -0.1) is 63.0 Å². The maximum absolute atomic E-state index is 4.93. The van der Waals surface area contributed by atoms with Crippen molar-refractivity contribution in [3.05, 3.63) is 181 Å². The molecule has 0 heterocycles. The molecule has 0 fully saturated rings. The Balaban J connectivity index is 0.000000176. The van der Waals surface area contributed by atoms with Gasteiger partial charge in [-0.3, -0.25) is 0 Å². The molecule has 0 bridgehead atoms. The number of rotatable bonds is 4. The van der Waals surface area contributed by atoms with Crippen molar-refractivity contribution in [3.63, 3.8) is 0 Å². The Labute approximate surface area is 342 Å². The van der Waals surface area contributed by atoms with Crippen molar-refractivity contribution in [1.29, 1.82) is 0 Å². The molecule has 54 heavy (non-hydrogen) atoms. The second-order valence-electron chi connectivity index (χ2n) is 13.8. The van der Waals surface area contributed by atoms with E-state index in [0.29, 0.717) is 5.92 Å². The summed E-state index contributed by atoms with van der Waals surface area (Å²) in [6.45, 7) is 11.0. The van der Waals surface area contributed by atoms with E-state index in [2.05, 4.69) is 204 Å². The third-order valence-electron chi connectivity index (χ3n) is 9.67. The summed E-state index contributed by atoms with van der Waals surface area (Å²) in [5.74, 6) is 0.584. The van der Waals surface area contributed by atoms with Gasteiger partial charge in [-0.05, 0) is 44.2 Å². The van der Waals surface area contributed by atoms with Gasteiger partial charge in [0.15, 0.2) is 0 Å². The Morgan fingerprint density at radius 3 is 1.61 bits per heavy atom. The molecule has 0 saturated carbocycles. The summed E-state index contributed by atoms with van der Waals surface area (Å²) in [5, 5.41) is 10.5. The van der Waals surface area contributed by atoms with Crippen molar-refractivity contribution in [2.75, 3.05) is 0 Å². The van der Waals surface area contributed by atoms with Gasteiger partial charge in [0.25, 0.3) is 0 Å². The topological polar surface area (TPSA) is 0 Å². The molecule has 9 aromatic carbocycles. The minimum atomic E-state index is -0.826. The van der Waals surface area contributed by atoms with Crippen molar-refractivity contribution in [1.82, 2.24) is 0 Å². The van der Waals surface area contributed by atoms with Crippen molar-refractivity contribution in [2.24, 2.45) is 0 Å². The van der Waals surface area contributed by atoms with E-state index >= 15 is 0 Å². The standard InChI is InChI=1S/C30H21.C18H17.C2H6Si.2ClH.Zr/c1-20-16-23-18-24(27-14-6-10-21-8-2-4-12-25(21)27)19-30(29(23)17-20)28-15-7-11-22-9-3-5-13-26(22)28;1-13(2)16-11-15-9-6-10-17(18(15)12-16)14-7-4-3-5-8-14;1-3-2;;;/h2-19H,1H3;3-13H,1-2H3;1-2H3;2*1H;/q2*-1;;;;+4/p-2. The van der Waals surface area contributed by atoms with Crippen LogP contribution in [0.2, 0.25) is 13.1 Å². The molecule has 266 valence electrons. The first-order chi connectivity index (χ1) is 26.4. The van der Waals surface area contributed by atoms with Crippen molar-refractivity contribution < 1.29 is 20.8 Å². The summed E-state index contributed by atoms with van der Waals surface area (Å²) >= 11 is -0.826. The van der Waals surface area contributed by atoms with Crippen LogP contribution in [0.4, 0.5) is 0 Å². The van der Waals surface area contributed by atoms with Crippen LogP contribution in [0, 0.1) is 6.92 Å². The average Bonchev–Trinajstić information content (AvgIpc) is 3.82. The van der Waals surface area contributed by atoms with Crippen LogP contribution < -0.4 is 0 Å². The van der Waals surface area contributed by atoms with Gasteiger partial charge in [0.05, 0.1) is 0 Å². The molecule has 0 nitrogen and oxygen atoms in total. The van der Waals surface area contributed by atoms with Crippen LogP contribution in [0.5, 0.6) is 0 Å². The molecule has 0 saturated heterocycles. The molecule has 9 aromatic rings. The molecular weight excluding hydrogens is 791 g/mol. The SMILES string of the molecule is CC(C)c1cc2c(-c3ccccc3)cccc2[cH-]1.C[Si]C.Cc1cc2c(-c3cccc4ccccc34)cc(-c3cccc4ccccc34)cc2[cH-]1.[Cl][Zr+2][Cl]. The van der Waals surface area contributed by atoms with Crippen LogP contribution in [0.3, 0.4) is 0 Å². The third-order valence-corrected chi connectivity index (χ3v) is 9.67. The fraction of sp³-hybridized carbons (Fsp3) is 0.120. The summed E-state index contributed by atoms with van der Waals surface area (Å²) in [6.07, 6.45) is 0. The zero-order chi connectivity index (χ0) is 38.0. The molecular formula is C50H44Cl2SiZr. The third kappa shape index (κ3) is 9.07. The summed E-state index contributed by atoms with van der Waals surface area (Å²) < 4.78 is 0. The molecule has 0 aliphatic carbocycles. The quantitative estimate of drug-likeness (QED) is 0.122. The van der Waals surface area contributed by atoms with Crippen LogP contribution in [0.25, 0.3) is 76.5 Å². The Morgan fingerprint density at radius 1 is 0.481 bits per heavy atom. The number of benzene rings is 7. The van der Waals surface area contributed by atoms with E-state index in [4.69, 9.17) is 17.0 Å². The predicted octanol–water partition coefficient (Wildman–Crippen LogP) is 16.0. The first-order valence-electron chi connectivity index (χ1n) is 18.3. The molecule has 0 amide bonds. The Bertz CT molecular complexity index is 2580. The van der Waals surface area contributed by atoms with Crippen LogP contribution in [-0.2, 0) is 20.8 Å². The zero-order valence-electron chi connectivity index (χ0n) is 31.5. The van der Waals surface area contributed by atoms with Gasteiger partial charge in [-0.25, -0.2) is 0 Å². The first-order valence-corrected chi connectivity index (χ1v) is 26.7. The van der Waals surface area contributed by atoms with Crippen LogP contribution in [0.1, 0.15) is 30.9 Å². The zero-order valence-corrected chi connectivity index (χ0v) is 36.5. The Kier molecular flexibility index (Phi) is 14.0. The summed E-state index contributed by atoms with van der Waals surface area (Å²) in [5.41, 5.74) is 10.5. The molecule has 0 aliphatic heterocycles. The molecule has 0 unspecified atom stereocenters. The van der Waals surface area contributed by atoms with Crippen LogP contribution >= 0.6 is 17.0 Å². The van der Waals surface area contributed by atoms with E-state index in [0.717, 1.165) is 9.52 Å². The normalized spacial score (nSPS) is 10.7. The van der Waals surface area contributed by atoms with Crippen LogP contribution in [-0.4, -0.2) is 9.52 Å². The Hall–Kier alpha value is -4.04. The van der Waals surface area contributed by atoms with Gasteiger partial charge >= 0.3 is 37.9 Å². The molecule has 2 radical (unpaired) electrons. The molecule has 4 heteroatoms. The average molecular weight is 835 g/mol. The molecule has 0 aromatic heterocycles. The first kappa shape index (κ1) is 39.6. The second kappa shape index (κ2) is 19.0. The van der Waals surface area contributed by atoms with Gasteiger partial charge in [0, 0.05) is 9.52 Å². The summed E-state index contributed by atoms with van der Waals surface area (Å²) in [7, 11) is 11.0. The van der Waals surface area contributed by atoms with Gasteiger partial charge in [-0.2, -0.15) is 12.1 Å². The molecule has 0 aliphatic rings. The monoisotopic (exact) mass is 832 g/mol. The van der Waals surface area contributed by atoms with Crippen LogP contribution in [0.15, 0.2) is 170 Å². The Morgan fingerprint density at radius 2 is 0.981 bits per heavy atom. The number of hydrogen-bond donors (Lipinski definition) is 0.